The lowest BCUT2D eigenvalue weighted by atomic mass is 9.83. The highest BCUT2D eigenvalue weighted by Crippen LogP contribution is 2.45. The van der Waals surface area contributed by atoms with Crippen molar-refractivity contribution in [2.75, 3.05) is 13.7 Å². The van der Waals surface area contributed by atoms with Gasteiger partial charge in [-0.25, -0.2) is 4.79 Å². The Balaban J connectivity index is 1.42. The van der Waals surface area contributed by atoms with Gasteiger partial charge < -0.3 is 29.4 Å². The van der Waals surface area contributed by atoms with Gasteiger partial charge in [0.2, 0.25) is 5.88 Å². The molecule has 8 nitrogen and oxygen atoms in total. The van der Waals surface area contributed by atoms with Gasteiger partial charge in [0.25, 0.3) is 0 Å². The molecule has 0 aliphatic carbocycles. The van der Waals surface area contributed by atoms with E-state index in [1.165, 1.54) is 0 Å². The largest absolute Gasteiger partial charge is 0.493 e. The fourth-order valence-electron chi connectivity index (χ4n) is 4.65. The normalized spacial score (nSPS) is 13.8. The number of para-hydroxylation sites is 1. The SMILES string of the molecule is CCOc1ccccc1C(=O)Oc1ccc2c(c1)OC(N)=C(C#N)C2c1ccc(OCc2ccc(Cl)cc2)c(OC)c1. The maximum absolute atomic E-state index is 12.9. The molecule has 212 valence electrons. The van der Waals surface area contributed by atoms with Gasteiger partial charge in [0.1, 0.15) is 41.1 Å². The Morgan fingerprint density at radius 2 is 1.76 bits per heavy atom. The number of benzene rings is 4. The van der Waals surface area contributed by atoms with Crippen LogP contribution in [0.4, 0.5) is 0 Å². The van der Waals surface area contributed by atoms with Gasteiger partial charge in [0.05, 0.1) is 19.6 Å². The zero-order valence-corrected chi connectivity index (χ0v) is 23.7. The van der Waals surface area contributed by atoms with Crippen LogP contribution < -0.4 is 29.4 Å². The Labute approximate surface area is 248 Å². The highest BCUT2D eigenvalue weighted by molar-refractivity contribution is 6.30. The van der Waals surface area contributed by atoms with Gasteiger partial charge in [-0.2, -0.15) is 5.26 Å². The second-order valence-electron chi connectivity index (χ2n) is 9.27. The molecule has 42 heavy (non-hydrogen) atoms. The molecule has 0 saturated heterocycles. The summed E-state index contributed by atoms with van der Waals surface area (Å²) in [5.74, 6) is 0.898. The zero-order valence-electron chi connectivity index (χ0n) is 22.9. The van der Waals surface area contributed by atoms with Crippen LogP contribution >= 0.6 is 11.6 Å². The molecule has 4 aromatic rings. The summed E-state index contributed by atoms with van der Waals surface area (Å²) in [4.78, 5) is 12.9. The summed E-state index contributed by atoms with van der Waals surface area (Å²) in [5.41, 5.74) is 9.10. The molecule has 0 spiro atoms. The van der Waals surface area contributed by atoms with Crippen molar-refractivity contribution in [3.8, 4) is 34.8 Å². The number of halogens is 1. The number of ether oxygens (including phenoxy) is 5. The van der Waals surface area contributed by atoms with Crippen LogP contribution in [0.1, 0.15) is 39.9 Å². The second kappa shape index (κ2) is 12.6. The van der Waals surface area contributed by atoms with Gasteiger partial charge in [-0.05, 0) is 60.5 Å². The van der Waals surface area contributed by atoms with Crippen molar-refractivity contribution in [1.29, 1.82) is 5.26 Å². The smallest absolute Gasteiger partial charge is 0.347 e. The molecule has 0 amide bonds. The molecule has 5 rings (SSSR count). The van der Waals surface area contributed by atoms with E-state index in [2.05, 4.69) is 6.07 Å². The fraction of sp³-hybridized carbons (Fsp3) is 0.152. The summed E-state index contributed by atoms with van der Waals surface area (Å²) in [5, 5.41) is 10.6. The summed E-state index contributed by atoms with van der Waals surface area (Å²) in [6.45, 7) is 2.57. The number of rotatable bonds is 9. The van der Waals surface area contributed by atoms with E-state index in [0.717, 1.165) is 11.1 Å². The number of nitriles is 1. The van der Waals surface area contributed by atoms with Crippen molar-refractivity contribution < 1.29 is 28.5 Å². The van der Waals surface area contributed by atoms with Crippen LogP contribution in [0.5, 0.6) is 28.7 Å². The number of carbonyl (C=O) groups is 1. The first-order valence-electron chi connectivity index (χ1n) is 13.1. The fourth-order valence-corrected chi connectivity index (χ4v) is 4.77. The van der Waals surface area contributed by atoms with E-state index in [0.29, 0.717) is 52.4 Å². The molecule has 0 radical (unpaired) electrons. The standard InChI is InChI=1S/C33H27ClN2O6/c1-3-39-27-7-5-4-6-25(27)33(37)41-23-13-14-24-29(17-23)42-32(36)26(18-35)31(24)21-10-15-28(30(16-21)38-2)40-19-20-8-11-22(34)12-9-20/h4-17,31H,3,19,36H2,1-2H3. The lowest BCUT2D eigenvalue weighted by Gasteiger charge is -2.27. The van der Waals surface area contributed by atoms with Gasteiger partial charge in [-0.15, -0.1) is 0 Å². The Morgan fingerprint density at radius 3 is 2.50 bits per heavy atom. The van der Waals surface area contributed by atoms with E-state index in [1.807, 2.05) is 25.1 Å². The molecule has 4 aromatic carbocycles. The number of allylic oxidation sites excluding steroid dienone is 1. The van der Waals surface area contributed by atoms with Crippen LogP contribution in [0.15, 0.2) is 96.4 Å². The number of hydrogen-bond acceptors (Lipinski definition) is 8. The Hall–Kier alpha value is -5.13. The third-order valence-corrected chi connectivity index (χ3v) is 6.89. The third kappa shape index (κ3) is 5.97. The third-order valence-electron chi connectivity index (χ3n) is 6.64. The molecule has 0 saturated carbocycles. The minimum atomic E-state index is -0.577. The molecular weight excluding hydrogens is 556 g/mol. The van der Waals surface area contributed by atoms with Crippen molar-refractivity contribution in [1.82, 2.24) is 0 Å². The maximum Gasteiger partial charge on any atom is 0.347 e. The Kier molecular flexibility index (Phi) is 8.51. The van der Waals surface area contributed by atoms with E-state index < -0.39 is 11.9 Å². The lowest BCUT2D eigenvalue weighted by Crippen LogP contribution is -2.21. The van der Waals surface area contributed by atoms with Gasteiger partial charge in [0.15, 0.2) is 11.5 Å². The summed E-state index contributed by atoms with van der Waals surface area (Å²) >= 11 is 5.98. The molecule has 0 fully saturated rings. The van der Waals surface area contributed by atoms with Crippen molar-refractivity contribution in [2.24, 2.45) is 5.73 Å². The lowest BCUT2D eigenvalue weighted by molar-refractivity contribution is 0.0730. The van der Waals surface area contributed by atoms with E-state index in [-0.39, 0.29) is 17.2 Å². The molecule has 0 bridgehead atoms. The molecule has 9 heteroatoms. The van der Waals surface area contributed by atoms with Crippen LogP contribution in [0, 0.1) is 11.3 Å². The predicted octanol–water partition coefficient (Wildman–Crippen LogP) is 6.76. The number of methoxy groups -OCH3 is 1. The summed E-state index contributed by atoms with van der Waals surface area (Å²) < 4.78 is 28.6. The number of fused-ring (bicyclic) bond motifs is 1. The summed E-state index contributed by atoms with van der Waals surface area (Å²) in [6, 6.07) is 26.8. The molecule has 1 aliphatic heterocycles. The van der Waals surface area contributed by atoms with Gasteiger partial charge in [-0.3, -0.25) is 0 Å². The zero-order chi connectivity index (χ0) is 29.6. The first kappa shape index (κ1) is 28.4. The highest BCUT2D eigenvalue weighted by Gasteiger charge is 2.32. The highest BCUT2D eigenvalue weighted by atomic mass is 35.5. The van der Waals surface area contributed by atoms with E-state index in [9.17, 15) is 10.1 Å². The van der Waals surface area contributed by atoms with Crippen LogP contribution in [0.3, 0.4) is 0 Å². The number of nitrogens with two attached hydrogens (primary N) is 1. The summed E-state index contributed by atoms with van der Waals surface area (Å²) in [6.07, 6.45) is 0. The molecule has 1 aliphatic rings. The Morgan fingerprint density at radius 1 is 0.976 bits per heavy atom. The molecule has 1 atom stereocenters. The number of hydrogen-bond donors (Lipinski definition) is 1. The van der Waals surface area contributed by atoms with Crippen molar-refractivity contribution >= 4 is 17.6 Å². The number of nitrogens with zero attached hydrogens (tertiary/aromatic N) is 1. The molecule has 1 heterocycles. The molecule has 1 unspecified atom stereocenters. The monoisotopic (exact) mass is 582 g/mol. The molecule has 2 N–H and O–H groups in total. The van der Waals surface area contributed by atoms with Gasteiger partial charge in [-0.1, -0.05) is 48.0 Å². The number of esters is 1. The molecule has 0 aromatic heterocycles. The Bertz CT molecular complexity index is 1690. The average molecular weight is 583 g/mol. The van der Waals surface area contributed by atoms with E-state index in [1.54, 1.807) is 73.8 Å². The summed E-state index contributed by atoms with van der Waals surface area (Å²) in [7, 11) is 1.55. The number of carbonyl (C=O) groups excluding carboxylic acids is 1. The minimum absolute atomic E-state index is 0.0396. The topological polar surface area (TPSA) is 113 Å². The average Bonchev–Trinajstić information content (AvgIpc) is 3.00. The minimum Gasteiger partial charge on any atom is -0.493 e. The van der Waals surface area contributed by atoms with Crippen LogP contribution in [-0.4, -0.2) is 19.7 Å². The first-order chi connectivity index (χ1) is 20.4. The van der Waals surface area contributed by atoms with E-state index in [4.69, 9.17) is 41.0 Å². The van der Waals surface area contributed by atoms with Crippen LogP contribution in [0.2, 0.25) is 5.02 Å². The van der Waals surface area contributed by atoms with Gasteiger partial charge >= 0.3 is 5.97 Å². The van der Waals surface area contributed by atoms with Crippen molar-refractivity contribution in [3.63, 3.8) is 0 Å². The first-order valence-corrected chi connectivity index (χ1v) is 13.5. The van der Waals surface area contributed by atoms with Gasteiger partial charge in [0, 0.05) is 16.7 Å². The molecular formula is C33H27ClN2O6. The van der Waals surface area contributed by atoms with Crippen molar-refractivity contribution in [2.45, 2.75) is 19.4 Å². The van der Waals surface area contributed by atoms with Crippen LogP contribution in [-0.2, 0) is 6.61 Å². The second-order valence-corrected chi connectivity index (χ2v) is 9.71. The maximum atomic E-state index is 12.9. The van der Waals surface area contributed by atoms with E-state index >= 15 is 0 Å². The van der Waals surface area contributed by atoms with Crippen LogP contribution in [0.25, 0.3) is 0 Å². The predicted molar refractivity (Wildman–Crippen MR) is 157 cm³/mol. The quantitative estimate of drug-likeness (QED) is 0.170. The van der Waals surface area contributed by atoms with Crippen molar-refractivity contribution in [3.05, 3.63) is 124 Å².